The smallest absolute Gasteiger partial charge is 0.274 e. The number of aromatic nitrogens is 2. The number of rotatable bonds is 3. The van der Waals surface area contributed by atoms with E-state index in [9.17, 15) is 4.79 Å². The molecular weight excluding hydrogens is 278 g/mol. The van der Waals surface area contributed by atoms with Crippen molar-refractivity contribution in [3.8, 4) is 5.75 Å². The molecular formula is C17H21N3O2. The zero-order chi connectivity index (χ0) is 15.5. The van der Waals surface area contributed by atoms with E-state index in [4.69, 9.17) is 4.74 Å². The van der Waals surface area contributed by atoms with Crippen molar-refractivity contribution in [2.24, 2.45) is 7.05 Å². The minimum absolute atomic E-state index is 0.00869. The number of hydrogen-bond acceptors (Lipinski definition) is 3. The first-order valence-corrected chi connectivity index (χ1v) is 7.64. The zero-order valence-electron chi connectivity index (χ0n) is 13.0. The minimum atomic E-state index is 0.00869. The lowest BCUT2D eigenvalue weighted by Gasteiger charge is -2.31. The number of amides is 1. The number of carbonyl (C=O) groups excluding carboxylic acids is 1. The monoisotopic (exact) mass is 299 g/mol. The summed E-state index contributed by atoms with van der Waals surface area (Å²) >= 11 is 0. The molecule has 0 bridgehead atoms. The summed E-state index contributed by atoms with van der Waals surface area (Å²) in [6.07, 6.45) is 3.68. The molecule has 2 aromatic rings. The van der Waals surface area contributed by atoms with E-state index in [1.807, 2.05) is 24.1 Å². The van der Waals surface area contributed by atoms with E-state index in [0.717, 1.165) is 18.6 Å². The first-order valence-electron chi connectivity index (χ1n) is 7.64. The van der Waals surface area contributed by atoms with Crippen molar-refractivity contribution >= 4 is 5.91 Å². The summed E-state index contributed by atoms with van der Waals surface area (Å²) in [6.45, 7) is 3.49. The van der Waals surface area contributed by atoms with Crippen LogP contribution in [0, 0.1) is 6.92 Å². The summed E-state index contributed by atoms with van der Waals surface area (Å²) in [5.74, 6) is 0.912. The van der Waals surface area contributed by atoms with Gasteiger partial charge in [0.15, 0.2) is 0 Å². The van der Waals surface area contributed by atoms with Crippen molar-refractivity contribution in [1.29, 1.82) is 0 Å². The summed E-state index contributed by atoms with van der Waals surface area (Å²) in [6, 6.07) is 9.86. The molecule has 0 saturated carbocycles. The highest BCUT2D eigenvalue weighted by Gasteiger charge is 2.25. The fraction of sp³-hybridized carbons (Fsp3) is 0.412. The van der Waals surface area contributed by atoms with Crippen LogP contribution in [0.3, 0.4) is 0 Å². The van der Waals surface area contributed by atoms with Gasteiger partial charge in [-0.3, -0.25) is 9.48 Å². The summed E-state index contributed by atoms with van der Waals surface area (Å²) in [5, 5.41) is 4.18. The number of hydrogen-bond donors (Lipinski definition) is 0. The molecule has 0 unspecified atom stereocenters. The Kier molecular flexibility index (Phi) is 4.13. The Morgan fingerprint density at radius 2 is 1.86 bits per heavy atom. The van der Waals surface area contributed by atoms with Gasteiger partial charge < -0.3 is 9.64 Å². The molecule has 5 heteroatoms. The fourth-order valence-electron chi connectivity index (χ4n) is 2.68. The Balaban J connectivity index is 1.54. The molecule has 0 atom stereocenters. The van der Waals surface area contributed by atoms with Gasteiger partial charge in [-0.1, -0.05) is 17.7 Å². The number of likely N-dealkylation sites (tertiary alicyclic amines) is 1. The van der Waals surface area contributed by atoms with Crippen molar-refractivity contribution < 1.29 is 9.53 Å². The van der Waals surface area contributed by atoms with Gasteiger partial charge in [-0.15, -0.1) is 0 Å². The van der Waals surface area contributed by atoms with Gasteiger partial charge in [0.1, 0.15) is 17.5 Å². The molecule has 2 heterocycles. The van der Waals surface area contributed by atoms with Crippen LogP contribution in [-0.4, -0.2) is 39.8 Å². The van der Waals surface area contributed by atoms with Crippen LogP contribution in [0.4, 0.5) is 0 Å². The lowest BCUT2D eigenvalue weighted by Crippen LogP contribution is -2.42. The highest BCUT2D eigenvalue weighted by atomic mass is 16.5. The van der Waals surface area contributed by atoms with Crippen molar-refractivity contribution in [2.45, 2.75) is 25.9 Å². The predicted octanol–water partition coefficient (Wildman–Crippen LogP) is 2.41. The molecule has 1 amide bonds. The van der Waals surface area contributed by atoms with Gasteiger partial charge in [-0.25, -0.2) is 0 Å². The summed E-state index contributed by atoms with van der Waals surface area (Å²) in [5.41, 5.74) is 1.74. The van der Waals surface area contributed by atoms with Crippen LogP contribution in [0.2, 0.25) is 0 Å². The molecule has 5 nitrogen and oxygen atoms in total. The van der Waals surface area contributed by atoms with Crippen LogP contribution in [0.15, 0.2) is 36.5 Å². The Bertz CT molecular complexity index is 640. The number of nitrogens with zero attached hydrogens (tertiary/aromatic N) is 3. The second kappa shape index (κ2) is 6.22. The Hall–Kier alpha value is -2.30. The van der Waals surface area contributed by atoms with Gasteiger partial charge in [0.25, 0.3) is 5.91 Å². The fourth-order valence-corrected chi connectivity index (χ4v) is 2.68. The molecule has 1 aliphatic heterocycles. The average Bonchev–Trinajstić information content (AvgIpc) is 2.96. The van der Waals surface area contributed by atoms with E-state index in [1.165, 1.54) is 5.56 Å². The number of benzene rings is 1. The van der Waals surface area contributed by atoms with Gasteiger partial charge in [0.05, 0.1) is 0 Å². The van der Waals surface area contributed by atoms with Gasteiger partial charge in [-0.05, 0) is 25.1 Å². The maximum Gasteiger partial charge on any atom is 0.274 e. The maximum atomic E-state index is 12.3. The lowest BCUT2D eigenvalue weighted by atomic mass is 10.1. The average molecular weight is 299 g/mol. The molecule has 0 aliphatic carbocycles. The van der Waals surface area contributed by atoms with Crippen LogP contribution in [0.25, 0.3) is 0 Å². The molecule has 1 aromatic carbocycles. The van der Waals surface area contributed by atoms with Gasteiger partial charge in [-0.2, -0.15) is 5.10 Å². The van der Waals surface area contributed by atoms with Gasteiger partial charge >= 0.3 is 0 Å². The van der Waals surface area contributed by atoms with Crippen LogP contribution >= 0.6 is 0 Å². The van der Waals surface area contributed by atoms with E-state index < -0.39 is 0 Å². The van der Waals surface area contributed by atoms with Crippen LogP contribution in [0.1, 0.15) is 28.9 Å². The first-order chi connectivity index (χ1) is 10.6. The second-order valence-electron chi connectivity index (χ2n) is 5.80. The highest BCUT2D eigenvalue weighted by Crippen LogP contribution is 2.20. The summed E-state index contributed by atoms with van der Waals surface area (Å²) in [4.78, 5) is 14.2. The second-order valence-corrected chi connectivity index (χ2v) is 5.80. The molecule has 0 radical (unpaired) electrons. The van der Waals surface area contributed by atoms with Crippen LogP contribution < -0.4 is 4.74 Å². The van der Waals surface area contributed by atoms with E-state index in [-0.39, 0.29) is 12.0 Å². The van der Waals surface area contributed by atoms with E-state index >= 15 is 0 Å². The van der Waals surface area contributed by atoms with Crippen LogP contribution in [-0.2, 0) is 7.05 Å². The Morgan fingerprint density at radius 1 is 1.18 bits per heavy atom. The van der Waals surface area contributed by atoms with Crippen molar-refractivity contribution in [2.75, 3.05) is 13.1 Å². The van der Waals surface area contributed by atoms with E-state index in [2.05, 4.69) is 24.2 Å². The molecule has 1 aromatic heterocycles. The minimum Gasteiger partial charge on any atom is -0.490 e. The molecule has 116 valence electrons. The molecule has 1 aliphatic rings. The number of ether oxygens (including phenoxy) is 1. The first kappa shape index (κ1) is 14.6. The van der Waals surface area contributed by atoms with Crippen molar-refractivity contribution in [3.63, 3.8) is 0 Å². The molecule has 22 heavy (non-hydrogen) atoms. The SMILES string of the molecule is Cc1ccc(OC2CCN(C(=O)c3ccn(C)n3)CC2)cc1. The molecule has 1 fully saturated rings. The number of aryl methyl sites for hydroxylation is 2. The van der Waals surface area contributed by atoms with Gasteiger partial charge in [0.2, 0.25) is 0 Å². The topological polar surface area (TPSA) is 47.4 Å². The quantitative estimate of drug-likeness (QED) is 0.874. The molecule has 1 saturated heterocycles. The highest BCUT2D eigenvalue weighted by molar-refractivity contribution is 5.92. The maximum absolute atomic E-state index is 12.3. The zero-order valence-corrected chi connectivity index (χ0v) is 13.0. The Morgan fingerprint density at radius 3 is 2.45 bits per heavy atom. The van der Waals surface area contributed by atoms with Crippen molar-refractivity contribution in [3.05, 3.63) is 47.8 Å². The third kappa shape index (κ3) is 3.30. The standard InChI is InChI=1S/C17H21N3O2/c1-13-3-5-14(6-4-13)22-15-7-11-20(12-8-15)17(21)16-9-10-19(2)18-16/h3-6,9-10,15H,7-8,11-12H2,1-2H3. The van der Waals surface area contributed by atoms with Gasteiger partial charge in [0, 0.05) is 39.2 Å². The number of piperidine rings is 1. The summed E-state index contributed by atoms with van der Waals surface area (Å²) in [7, 11) is 1.82. The number of carbonyl (C=O) groups is 1. The van der Waals surface area contributed by atoms with Crippen molar-refractivity contribution in [1.82, 2.24) is 14.7 Å². The van der Waals surface area contributed by atoms with E-state index in [0.29, 0.717) is 18.8 Å². The largest absolute Gasteiger partial charge is 0.490 e. The summed E-state index contributed by atoms with van der Waals surface area (Å²) < 4.78 is 7.64. The Labute approximate surface area is 130 Å². The third-order valence-corrected chi connectivity index (χ3v) is 3.99. The molecule has 0 N–H and O–H groups in total. The molecule has 0 spiro atoms. The molecule has 3 rings (SSSR count). The predicted molar refractivity (Wildman–Crippen MR) is 83.9 cm³/mol. The van der Waals surface area contributed by atoms with Crippen LogP contribution in [0.5, 0.6) is 5.75 Å². The normalized spacial score (nSPS) is 15.8. The lowest BCUT2D eigenvalue weighted by molar-refractivity contribution is 0.0589. The van der Waals surface area contributed by atoms with E-state index in [1.54, 1.807) is 16.9 Å². The third-order valence-electron chi connectivity index (χ3n) is 3.99.